The summed E-state index contributed by atoms with van der Waals surface area (Å²) >= 11 is 0. The molecule has 0 spiro atoms. The molecule has 0 unspecified atom stereocenters. The molecule has 0 atom stereocenters. The van der Waals surface area contributed by atoms with E-state index in [1.54, 1.807) is 12.3 Å². The molecule has 0 saturated heterocycles. The molecule has 0 radical (unpaired) electrons. The first-order valence-corrected chi connectivity index (χ1v) is 7.27. The maximum absolute atomic E-state index is 12.3. The Balaban J connectivity index is 2.08. The Kier molecular flexibility index (Phi) is 4.99. The molecule has 1 aromatic carbocycles. The van der Waals surface area contributed by atoms with Gasteiger partial charge in [-0.25, -0.2) is 0 Å². The molecule has 0 saturated carbocycles. The number of rotatable bonds is 5. The first-order valence-electron chi connectivity index (χ1n) is 7.27. The number of carbonyl (C=O) groups excluding carboxylic acids is 1. The largest absolute Gasteiger partial charge is 0.383 e. The molecule has 2 N–H and O–H groups in total. The molecule has 0 bridgehead atoms. The molecule has 0 aliphatic rings. The van der Waals surface area contributed by atoms with E-state index in [1.165, 1.54) is 0 Å². The van der Waals surface area contributed by atoms with Gasteiger partial charge in [0, 0.05) is 43.4 Å². The van der Waals surface area contributed by atoms with Crippen LogP contribution in [0.5, 0.6) is 0 Å². The second-order valence-electron chi connectivity index (χ2n) is 5.62. The number of nitrogens with zero attached hydrogens (tertiary/aromatic N) is 2. The predicted octanol–water partition coefficient (Wildman–Crippen LogP) is 3.22. The van der Waals surface area contributed by atoms with Gasteiger partial charge < -0.3 is 15.5 Å². The first kappa shape index (κ1) is 15.8. The minimum Gasteiger partial charge on any atom is -0.383 e. The summed E-state index contributed by atoms with van der Waals surface area (Å²) in [5.41, 5.74) is 3.11. The van der Waals surface area contributed by atoms with E-state index in [2.05, 4.69) is 15.6 Å². The van der Waals surface area contributed by atoms with Crippen LogP contribution in [-0.4, -0.2) is 31.0 Å². The Hall–Kier alpha value is -2.56. The van der Waals surface area contributed by atoms with Gasteiger partial charge in [-0.05, 0) is 50.2 Å². The van der Waals surface area contributed by atoms with Gasteiger partial charge in [0.15, 0.2) is 0 Å². The third-order valence-corrected chi connectivity index (χ3v) is 3.09. The van der Waals surface area contributed by atoms with Crippen molar-refractivity contribution in [1.29, 1.82) is 0 Å². The molecule has 22 heavy (non-hydrogen) atoms. The lowest BCUT2D eigenvalue weighted by Crippen LogP contribution is -2.15. The molecule has 116 valence electrons. The van der Waals surface area contributed by atoms with Crippen LogP contribution in [-0.2, 0) is 0 Å². The van der Waals surface area contributed by atoms with Crippen molar-refractivity contribution in [2.75, 3.05) is 29.6 Å². The van der Waals surface area contributed by atoms with Crippen LogP contribution in [0.15, 0.2) is 42.6 Å². The molecule has 0 fully saturated rings. The Morgan fingerprint density at radius 3 is 2.36 bits per heavy atom. The molecule has 0 aliphatic heterocycles. The summed E-state index contributed by atoms with van der Waals surface area (Å²) in [5, 5.41) is 6.12. The van der Waals surface area contributed by atoms with Crippen molar-refractivity contribution in [2.24, 2.45) is 0 Å². The van der Waals surface area contributed by atoms with Crippen molar-refractivity contribution in [2.45, 2.75) is 19.9 Å². The molecule has 0 aliphatic carbocycles. The van der Waals surface area contributed by atoms with E-state index in [4.69, 9.17) is 0 Å². The van der Waals surface area contributed by atoms with E-state index in [0.717, 1.165) is 17.1 Å². The Morgan fingerprint density at radius 1 is 1.09 bits per heavy atom. The van der Waals surface area contributed by atoms with Gasteiger partial charge >= 0.3 is 0 Å². The SMILES string of the molecule is CC(C)Nc1ccnc(C(=O)Nc2ccc(N(C)C)cc2)c1. The molecule has 2 rings (SSSR count). The van der Waals surface area contributed by atoms with Gasteiger partial charge in [0.1, 0.15) is 5.69 Å². The molecule has 1 aromatic heterocycles. The van der Waals surface area contributed by atoms with Crippen LogP contribution >= 0.6 is 0 Å². The van der Waals surface area contributed by atoms with Gasteiger partial charge in [-0.2, -0.15) is 0 Å². The second kappa shape index (κ2) is 6.93. The van der Waals surface area contributed by atoms with Crippen LogP contribution < -0.4 is 15.5 Å². The van der Waals surface area contributed by atoms with Gasteiger partial charge in [-0.15, -0.1) is 0 Å². The molecule has 5 nitrogen and oxygen atoms in total. The lowest BCUT2D eigenvalue weighted by Gasteiger charge is -2.13. The van der Waals surface area contributed by atoms with Crippen molar-refractivity contribution in [3.63, 3.8) is 0 Å². The fourth-order valence-electron chi connectivity index (χ4n) is 2.02. The maximum Gasteiger partial charge on any atom is 0.274 e. The zero-order valence-electron chi connectivity index (χ0n) is 13.4. The molecule has 1 heterocycles. The van der Waals surface area contributed by atoms with Gasteiger partial charge in [-0.1, -0.05) is 0 Å². The van der Waals surface area contributed by atoms with Crippen molar-refractivity contribution < 1.29 is 4.79 Å². The first-order chi connectivity index (χ1) is 10.5. The molecule has 2 aromatic rings. The summed E-state index contributed by atoms with van der Waals surface area (Å²) in [6.45, 7) is 4.10. The van der Waals surface area contributed by atoms with E-state index in [-0.39, 0.29) is 5.91 Å². The third-order valence-electron chi connectivity index (χ3n) is 3.09. The Bertz CT molecular complexity index is 635. The summed E-state index contributed by atoms with van der Waals surface area (Å²) in [6.07, 6.45) is 1.63. The number of hydrogen-bond acceptors (Lipinski definition) is 4. The van der Waals surface area contributed by atoms with Gasteiger partial charge in [0.25, 0.3) is 5.91 Å². The molecular weight excluding hydrogens is 276 g/mol. The highest BCUT2D eigenvalue weighted by Gasteiger charge is 2.09. The number of anilines is 3. The fraction of sp³-hybridized carbons (Fsp3) is 0.294. The molecule has 1 amide bonds. The van der Waals surface area contributed by atoms with E-state index in [0.29, 0.717) is 11.7 Å². The van der Waals surface area contributed by atoms with Crippen molar-refractivity contribution in [3.8, 4) is 0 Å². The smallest absolute Gasteiger partial charge is 0.274 e. The maximum atomic E-state index is 12.3. The van der Waals surface area contributed by atoms with Crippen molar-refractivity contribution in [3.05, 3.63) is 48.3 Å². The number of carbonyl (C=O) groups is 1. The standard InChI is InChI=1S/C17H22N4O/c1-12(2)19-14-9-10-18-16(11-14)17(22)20-13-5-7-15(8-6-13)21(3)4/h5-12H,1-4H3,(H,18,19)(H,20,22). The van der Waals surface area contributed by atoms with Crippen LogP contribution in [0.2, 0.25) is 0 Å². The Morgan fingerprint density at radius 2 is 1.77 bits per heavy atom. The summed E-state index contributed by atoms with van der Waals surface area (Å²) < 4.78 is 0. The zero-order valence-corrected chi connectivity index (χ0v) is 13.4. The summed E-state index contributed by atoms with van der Waals surface area (Å²) in [5.74, 6) is -0.218. The van der Waals surface area contributed by atoms with Crippen molar-refractivity contribution in [1.82, 2.24) is 4.98 Å². The van der Waals surface area contributed by atoms with Crippen LogP contribution in [0.1, 0.15) is 24.3 Å². The van der Waals surface area contributed by atoms with Gasteiger partial charge in [0.2, 0.25) is 0 Å². The highest BCUT2D eigenvalue weighted by atomic mass is 16.1. The molecule has 5 heteroatoms. The van der Waals surface area contributed by atoms with Crippen LogP contribution in [0.4, 0.5) is 17.1 Å². The Labute approximate surface area is 131 Å². The highest BCUT2D eigenvalue weighted by Crippen LogP contribution is 2.17. The number of nitrogens with one attached hydrogen (secondary N) is 2. The van der Waals surface area contributed by atoms with Crippen LogP contribution in [0, 0.1) is 0 Å². The highest BCUT2D eigenvalue weighted by molar-refractivity contribution is 6.03. The van der Waals surface area contributed by atoms with E-state index in [1.807, 2.05) is 63.2 Å². The van der Waals surface area contributed by atoms with Gasteiger partial charge in [-0.3, -0.25) is 9.78 Å². The summed E-state index contributed by atoms with van der Waals surface area (Å²) in [6, 6.07) is 11.6. The van der Waals surface area contributed by atoms with Gasteiger partial charge in [0.05, 0.1) is 0 Å². The fourth-order valence-corrected chi connectivity index (χ4v) is 2.02. The quantitative estimate of drug-likeness (QED) is 0.890. The number of pyridine rings is 1. The second-order valence-corrected chi connectivity index (χ2v) is 5.62. The van der Waals surface area contributed by atoms with Crippen LogP contribution in [0.3, 0.4) is 0 Å². The topological polar surface area (TPSA) is 57.3 Å². The number of aromatic nitrogens is 1. The number of benzene rings is 1. The predicted molar refractivity (Wildman–Crippen MR) is 91.7 cm³/mol. The van der Waals surface area contributed by atoms with Crippen molar-refractivity contribution >= 4 is 23.0 Å². The van der Waals surface area contributed by atoms with E-state index >= 15 is 0 Å². The third kappa shape index (κ3) is 4.22. The normalized spacial score (nSPS) is 10.4. The van der Waals surface area contributed by atoms with E-state index < -0.39 is 0 Å². The lowest BCUT2D eigenvalue weighted by molar-refractivity contribution is 0.102. The summed E-state index contributed by atoms with van der Waals surface area (Å²) in [7, 11) is 3.95. The summed E-state index contributed by atoms with van der Waals surface area (Å²) in [4.78, 5) is 18.4. The molecular formula is C17H22N4O. The minimum atomic E-state index is -0.218. The number of amides is 1. The average molecular weight is 298 g/mol. The lowest BCUT2D eigenvalue weighted by atomic mass is 10.2. The van der Waals surface area contributed by atoms with Crippen LogP contribution in [0.25, 0.3) is 0 Å². The average Bonchev–Trinajstić information content (AvgIpc) is 2.47. The monoisotopic (exact) mass is 298 g/mol. The number of hydrogen-bond donors (Lipinski definition) is 2. The minimum absolute atomic E-state index is 0.218. The zero-order chi connectivity index (χ0) is 16.1. The van der Waals surface area contributed by atoms with E-state index in [9.17, 15) is 4.79 Å².